The smallest absolute Gasteiger partial charge is 0.326 e. The number of nitrogens with one attached hydrogen (secondary N) is 1. The summed E-state index contributed by atoms with van der Waals surface area (Å²) >= 11 is 0. The summed E-state index contributed by atoms with van der Waals surface area (Å²) in [6.07, 6.45) is 0.305. The van der Waals surface area contributed by atoms with Gasteiger partial charge < -0.3 is 15.5 Å². The van der Waals surface area contributed by atoms with Crippen molar-refractivity contribution in [2.24, 2.45) is 0 Å². The first-order valence-electron chi connectivity index (χ1n) is 4.87. The molecule has 0 heterocycles. The Hall–Kier alpha value is -2.04. The number of phenolic OH excluding ortho intramolecular Hbond substituents is 1. The van der Waals surface area contributed by atoms with E-state index in [2.05, 4.69) is 5.32 Å². The van der Waals surface area contributed by atoms with Crippen LogP contribution in [0.5, 0.6) is 5.75 Å². The standard InChI is InChI=1S/C11H13NO4/c1-2-9(11(15)16)12-10(14)7-4-3-5-8(13)6-7/h3-6,9,13H,2H2,1H3,(H,12,14)(H,15,16)/t9-/m1/s1. The van der Waals surface area contributed by atoms with Gasteiger partial charge in [-0.15, -0.1) is 0 Å². The Kier molecular flexibility index (Phi) is 3.88. The second-order valence-corrected chi connectivity index (χ2v) is 3.32. The number of carbonyl (C=O) groups excluding carboxylic acids is 1. The fourth-order valence-electron chi connectivity index (χ4n) is 1.23. The number of carboxylic acid groups (broad SMARTS) is 1. The molecule has 16 heavy (non-hydrogen) atoms. The van der Waals surface area contributed by atoms with Crippen molar-refractivity contribution in [3.05, 3.63) is 29.8 Å². The number of amides is 1. The van der Waals surface area contributed by atoms with Crippen LogP contribution in [0.25, 0.3) is 0 Å². The van der Waals surface area contributed by atoms with E-state index in [0.717, 1.165) is 0 Å². The van der Waals surface area contributed by atoms with Crippen LogP contribution < -0.4 is 5.32 Å². The molecule has 0 spiro atoms. The summed E-state index contributed by atoms with van der Waals surface area (Å²) in [6, 6.07) is 4.83. The second kappa shape index (κ2) is 5.16. The molecule has 86 valence electrons. The van der Waals surface area contributed by atoms with Crippen molar-refractivity contribution in [2.45, 2.75) is 19.4 Å². The number of hydrogen-bond acceptors (Lipinski definition) is 3. The SMILES string of the molecule is CC[C@@H](NC(=O)c1cccc(O)c1)C(=O)O. The van der Waals surface area contributed by atoms with Gasteiger partial charge in [-0.3, -0.25) is 4.79 Å². The molecule has 1 atom stereocenters. The minimum atomic E-state index is -1.07. The number of phenols is 1. The van der Waals surface area contributed by atoms with Gasteiger partial charge in [-0.05, 0) is 24.6 Å². The molecule has 0 aromatic heterocycles. The third-order valence-electron chi connectivity index (χ3n) is 2.12. The number of benzene rings is 1. The fourth-order valence-corrected chi connectivity index (χ4v) is 1.23. The lowest BCUT2D eigenvalue weighted by atomic mass is 10.1. The Labute approximate surface area is 92.7 Å². The third-order valence-corrected chi connectivity index (χ3v) is 2.12. The molecule has 0 aliphatic rings. The third kappa shape index (κ3) is 2.98. The molecule has 0 bridgehead atoms. The van der Waals surface area contributed by atoms with Crippen LogP contribution in [0, 0.1) is 0 Å². The van der Waals surface area contributed by atoms with Gasteiger partial charge >= 0.3 is 5.97 Å². The van der Waals surface area contributed by atoms with Crippen LogP contribution in [0.4, 0.5) is 0 Å². The van der Waals surface area contributed by atoms with E-state index >= 15 is 0 Å². The zero-order valence-corrected chi connectivity index (χ0v) is 8.80. The first-order valence-corrected chi connectivity index (χ1v) is 4.87. The summed E-state index contributed by atoms with van der Waals surface area (Å²) in [5.41, 5.74) is 0.236. The molecule has 0 saturated heterocycles. The molecule has 5 nitrogen and oxygen atoms in total. The van der Waals surface area contributed by atoms with Gasteiger partial charge in [0.1, 0.15) is 11.8 Å². The maximum atomic E-state index is 11.6. The monoisotopic (exact) mass is 223 g/mol. The first kappa shape index (κ1) is 12.0. The molecule has 0 fully saturated rings. The van der Waals surface area contributed by atoms with E-state index in [0.29, 0.717) is 6.42 Å². The van der Waals surface area contributed by atoms with E-state index in [1.54, 1.807) is 6.92 Å². The van der Waals surface area contributed by atoms with Crippen molar-refractivity contribution >= 4 is 11.9 Å². The summed E-state index contributed by atoms with van der Waals surface area (Å²) in [5.74, 6) is -1.61. The van der Waals surface area contributed by atoms with E-state index in [9.17, 15) is 9.59 Å². The Morgan fingerprint density at radius 2 is 2.12 bits per heavy atom. The summed E-state index contributed by atoms with van der Waals surface area (Å²) in [6.45, 7) is 1.67. The van der Waals surface area contributed by atoms with Crippen molar-refractivity contribution in [2.75, 3.05) is 0 Å². The summed E-state index contributed by atoms with van der Waals surface area (Å²) in [7, 11) is 0. The van der Waals surface area contributed by atoms with Crippen molar-refractivity contribution in [1.82, 2.24) is 5.32 Å². The van der Waals surface area contributed by atoms with Crippen molar-refractivity contribution < 1.29 is 19.8 Å². The Morgan fingerprint density at radius 1 is 1.44 bits per heavy atom. The normalized spacial score (nSPS) is 11.8. The Bertz CT molecular complexity index is 403. The molecule has 1 aromatic carbocycles. The zero-order valence-electron chi connectivity index (χ0n) is 8.80. The average molecular weight is 223 g/mol. The highest BCUT2D eigenvalue weighted by molar-refractivity contribution is 5.96. The number of aromatic hydroxyl groups is 1. The molecule has 0 aliphatic carbocycles. The van der Waals surface area contributed by atoms with Crippen molar-refractivity contribution in [3.63, 3.8) is 0 Å². The van der Waals surface area contributed by atoms with E-state index in [1.807, 2.05) is 0 Å². The largest absolute Gasteiger partial charge is 0.508 e. The highest BCUT2D eigenvalue weighted by Gasteiger charge is 2.18. The van der Waals surface area contributed by atoms with E-state index in [4.69, 9.17) is 10.2 Å². The van der Waals surface area contributed by atoms with Crippen LogP contribution in [-0.2, 0) is 4.79 Å². The van der Waals surface area contributed by atoms with E-state index in [-0.39, 0.29) is 11.3 Å². The predicted octanol–water partition coefficient (Wildman–Crippen LogP) is 0.985. The van der Waals surface area contributed by atoms with Gasteiger partial charge in [0.25, 0.3) is 5.91 Å². The lowest BCUT2D eigenvalue weighted by Gasteiger charge is -2.12. The molecule has 1 rings (SSSR count). The predicted molar refractivity (Wildman–Crippen MR) is 57.3 cm³/mol. The van der Waals surface area contributed by atoms with Crippen LogP contribution in [0.2, 0.25) is 0 Å². The number of hydrogen-bond donors (Lipinski definition) is 3. The topological polar surface area (TPSA) is 86.6 Å². The maximum absolute atomic E-state index is 11.6. The molecular weight excluding hydrogens is 210 g/mol. The zero-order chi connectivity index (χ0) is 12.1. The fraction of sp³-hybridized carbons (Fsp3) is 0.273. The highest BCUT2D eigenvalue weighted by atomic mass is 16.4. The van der Waals surface area contributed by atoms with Gasteiger partial charge in [-0.25, -0.2) is 4.79 Å². The van der Waals surface area contributed by atoms with Crippen LogP contribution in [0.3, 0.4) is 0 Å². The van der Waals surface area contributed by atoms with Gasteiger partial charge in [0.2, 0.25) is 0 Å². The molecule has 0 unspecified atom stereocenters. The molecule has 0 aliphatic heterocycles. The van der Waals surface area contributed by atoms with Crippen molar-refractivity contribution in [3.8, 4) is 5.75 Å². The molecule has 1 aromatic rings. The van der Waals surface area contributed by atoms with Gasteiger partial charge in [-0.1, -0.05) is 13.0 Å². The number of carboxylic acids is 1. The minimum absolute atomic E-state index is 0.0315. The Morgan fingerprint density at radius 3 is 2.62 bits per heavy atom. The van der Waals surface area contributed by atoms with Gasteiger partial charge in [-0.2, -0.15) is 0 Å². The number of rotatable bonds is 4. The first-order chi connectivity index (χ1) is 7.54. The molecule has 0 saturated carbocycles. The summed E-state index contributed by atoms with van der Waals surface area (Å²) in [5, 5.41) is 20.3. The molecule has 3 N–H and O–H groups in total. The quantitative estimate of drug-likeness (QED) is 0.710. The molecule has 0 radical (unpaired) electrons. The van der Waals surface area contributed by atoms with Crippen LogP contribution in [0.1, 0.15) is 23.7 Å². The molecule has 1 amide bonds. The Balaban J connectivity index is 2.75. The van der Waals surface area contributed by atoms with Gasteiger partial charge in [0.15, 0.2) is 0 Å². The van der Waals surface area contributed by atoms with Crippen LogP contribution in [0.15, 0.2) is 24.3 Å². The lowest BCUT2D eigenvalue weighted by molar-refractivity contribution is -0.139. The molecule has 5 heteroatoms. The van der Waals surface area contributed by atoms with Crippen molar-refractivity contribution in [1.29, 1.82) is 0 Å². The highest BCUT2D eigenvalue weighted by Crippen LogP contribution is 2.10. The minimum Gasteiger partial charge on any atom is -0.508 e. The maximum Gasteiger partial charge on any atom is 0.326 e. The van der Waals surface area contributed by atoms with Crippen LogP contribution >= 0.6 is 0 Å². The molecular formula is C11H13NO4. The lowest BCUT2D eigenvalue weighted by Crippen LogP contribution is -2.40. The summed E-state index contributed by atoms with van der Waals surface area (Å²) in [4.78, 5) is 22.3. The number of carbonyl (C=O) groups is 2. The number of aliphatic carboxylic acids is 1. The van der Waals surface area contributed by atoms with Gasteiger partial charge in [0, 0.05) is 5.56 Å². The average Bonchev–Trinajstić information content (AvgIpc) is 2.25. The second-order valence-electron chi connectivity index (χ2n) is 3.32. The summed E-state index contributed by atoms with van der Waals surface area (Å²) < 4.78 is 0. The van der Waals surface area contributed by atoms with Gasteiger partial charge in [0.05, 0.1) is 0 Å². The van der Waals surface area contributed by atoms with E-state index < -0.39 is 17.9 Å². The van der Waals surface area contributed by atoms with Crippen LogP contribution in [-0.4, -0.2) is 28.1 Å². The van der Waals surface area contributed by atoms with E-state index in [1.165, 1.54) is 24.3 Å².